The van der Waals surface area contributed by atoms with Crippen molar-refractivity contribution < 1.29 is 0 Å². The lowest BCUT2D eigenvalue weighted by Crippen LogP contribution is -1.92. The third-order valence-corrected chi connectivity index (χ3v) is 2.68. The third kappa shape index (κ3) is 1.33. The fraction of sp³-hybridized carbons (Fsp3) is 0.250. The van der Waals surface area contributed by atoms with Gasteiger partial charge in [0, 0.05) is 18.3 Å². The van der Waals surface area contributed by atoms with Crippen molar-refractivity contribution in [3.05, 3.63) is 41.6 Å². The molecule has 0 bridgehead atoms. The van der Waals surface area contributed by atoms with Gasteiger partial charge in [-0.25, -0.2) is 0 Å². The lowest BCUT2D eigenvalue weighted by atomic mass is 10.1. The number of aromatic nitrogens is 2. The van der Waals surface area contributed by atoms with Gasteiger partial charge in [0.25, 0.3) is 0 Å². The smallest absolute Gasteiger partial charge is 0.0954 e. The lowest BCUT2D eigenvalue weighted by molar-refractivity contribution is 0.741. The van der Waals surface area contributed by atoms with Crippen LogP contribution in [0.15, 0.2) is 30.3 Å². The summed E-state index contributed by atoms with van der Waals surface area (Å²) in [4.78, 5) is 0. The molecular formula is C12H14N2. The van der Waals surface area contributed by atoms with E-state index in [9.17, 15) is 0 Å². The topological polar surface area (TPSA) is 17.8 Å². The van der Waals surface area contributed by atoms with Crippen LogP contribution in [0.5, 0.6) is 0 Å². The van der Waals surface area contributed by atoms with Crippen LogP contribution in [0.1, 0.15) is 11.3 Å². The Hall–Kier alpha value is -1.57. The number of benzene rings is 1. The zero-order valence-corrected chi connectivity index (χ0v) is 8.78. The average Bonchev–Trinajstić information content (AvgIpc) is 2.47. The van der Waals surface area contributed by atoms with Gasteiger partial charge in [-0.2, -0.15) is 5.10 Å². The summed E-state index contributed by atoms with van der Waals surface area (Å²) in [5.41, 5.74) is 4.77. The summed E-state index contributed by atoms with van der Waals surface area (Å²) < 4.78 is 1.93. The van der Waals surface area contributed by atoms with Crippen molar-refractivity contribution >= 4 is 0 Å². The first-order valence-electron chi connectivity index (χ1n) is 4.76. The third-order valence-electron chi connectivity index (χ3n) is 2.68. The van der Waals surface area contributed by atoms with E-state index in [0.29, 0.717) is 0 Å². The van der Waals surface area contributed by atoms with Crippen LogP contribution < -0.4 is 0 Å². The summed E-state index contributed by atoms with van der Waals surface area (Å²) in [7, 11) is 1.98. The van der Waals surface area contributed by atoms with Gasteiger partial charge < -0.3 is 0 Å². The van der Waals surface area contributed by atoms with E-state index in [4.69, 9.17) is 0 Å². The van der Waals surface area contributed by atoms with Crippen LogP contribution in [0.4, 0.5) is 0 Å². The van der Waals surface area contributed by atoms with Crippen LogP contribution in [-0.2, 0) is 7.05 Å². The van der Waals surface area contributed by atoms with E-state index >= 15 is 0 Å². The highest BCUT2D eigenvalue weighted by atomic mass is 15.3. The first-order valence-corrected chi connectivity index (χ1v) is 4.76. The molecule has 2 rings (SSSR count). The number of hydrogen-bond donors (Lipinski definition) is 0. The van der Waals surface area contributed by atoms with Crippen LogP contribution in [0.3, 0.4) is 0 Å². The van der Waals surface area contributed by atoms with Crippen LogP contribution >= 0.6 is 0 Å². The van der Waals surface area contributed by atoms with Gasteiger partial charge in [0.05, 0.1) is 5.69 Å². The Morgan fingerprint density at radius 2 is 1.71 bits per heavy atom. The molecule has 0 saturated heterocycles. The molecule has 0 radical (unpaired) electrons. The maximum absolute atomic E-state index is 4.50. The molecule has 1 aromatic carbocycles. The molecule has 72 valence electrons. The van der Waals surface area contributed by atoms with Gasteiger partial charge in [-0.1, -0.05) is 30.3 Å². The quantitative estimate of drug-likeness (QED) is 0.669. The Kier molecular flexibility index (Phi) is 2.12. The molecule has 0 amide bonds. The summed E-state index contributed by atoms with van der Waals surface area (Å²) >= 11 is 0. The Morgan fingerprint density at radius 1 is 1.07 bits per heavy atom. The molecular weight excluding hydrogens is 172 g/mol. The molecule has 2 aromatic rings. The van der Waals surface area contributed by atoms with Crippen LogP contribution in [-0.4, -0.2) is 9.78 Å². The fourth-order valence-corrected chi connectivity index (χ4v) is 1.58. The molecule has 0 fully saturated rings. The molecule has 0 spiro atoms. The highest BCUT2D eigenvalue weighted by Crippen LogP contribution is 2.23. The normalized spacial score (nSPS) is 10.5. The molecule has 0 aliphatic carbocycles. The summed E-state index contributed by atoms with van der Waals surface area (Å²) in [5.74, 6) is 0. The van der Waals surface area contributed by atoms with Crippen LogP contribution in [0, 0.1) is 13.8 Å². The Bertz CT molecular complexity index is 441. The summed E-state index contributed by atoms with van der Waals surface area (Å²) in [6.45, 7) is 4.21. The van der Waals surface area contributed by atoms with Gasteiger partial charge in [0.15, 0.2) is 0 Å². The molecule has 2 heteroatoms. The zero-order chi connectivity index (χ0) is 10.1. The molecule has 0 saturated carbocycles. The molecule has 14 heavy (non-hydrogen) atoms. The SMILES string of the molecule is Cc1c(-c2ccccc2)nn(C)c1C. The van der Waals surface area contributed by atoms with Gasteiger partial charge in [0.1, 0.15) is 0 Å². The van der Waals surface area contributed by atoms with Crippen molar-refractivity contribution in [3.63, 3.8) is 0 Å². The molecule has 0 unspecified atom stereocenters. The molecule has 2 nitrogen and oxygen atoms in total. The molecule has 0 N–H and O–H groups in total. The summed E-state index contributed by atoms with van der Waals surface area (Å²) in [6.07, 6.45) is 0. The molecule has 0 aliphatic rings. The van der Waals surface area contributed by atoms with E-state index in [-0.39, 0.29) is 0 Å². The molecule has 0 aliphatic heterocycles. The second kappa shape index (κ2) is 3.29. The minimum absolute atomic E-state index is 1.09. The standard InChI is InChI=1S/C12H14N2/c1-9-10(2)14(3)13-12(9)11-7-5-4-6-8-11/h4-8H,1-3H3. The zero-order valence-electron chi connectivity index (χ0n) is 8.78. The lowest BCUT2D eigenvalue weighted by Gasteiger charge is -1.96. The fourth-order valence-electron chi connectivity index (χ4n) is 1.58. The van der Waals surface area contributed by atoms with Crippen molar-refractivity contribution in [1.29, 1.82) is 0 Å². The predicted molar refractivity (Wildman–Crippen MR) is 58.1 cm³/mol. The van der Waals surface area contributed by atoms with E-state index < -0.39 is 0 Å². The largest absolute Gasteiger partial charge is 0.272 e. The minimum Gasteiger partial charge on any atom is -0.272 e. The monoisotopic (exact) mass is 186 g/mol. The Labute approximate surface area is 84.2 Å². The average molecular weight is 186 g/mol. The van der Waals surface area contributed by atoms with Crippen molar-refractivity contribution in [2.24, 2.45) is 7.05 Å². The van der Waals surface area contributed by atoms with E-state index in [1.54, 1.807) is 0 Å². The van der Waals surface area contributed by atoms with Crippen molar-refractivity contribution in [2.75, 3.05) is 0 Å². The van der Waals surface area contributed by atoms with Crippen molar-refractivity contribution in [2.45, 2.75) is 13.8 Å². The van der Waals surface area contributed by atoms with Gasteiger partial charge >= 0.3 is 0 Å². The number of hydrogen-bond acceptors (Lipinski definition) is 1. The molecule has 1 aromatic heterocycles. The molecule has 1 heterocycles. The van der Waals surface area contributed by atoms with E-state index in [1.807, 2.05) is 29.9 Å². The van der Waals surface area contributed by atoms with Gasteiger partial charge in [-0.3, -0.25) is 4.68 Å². The van der Waals surface area contributed by atoms with Crippen LogP contribution in [0.25, 0.3) is 11.3 Å². The maximum Gasteiger partial charge on any atom is 0.0954 e. The van der Waals surface area contributed by atoms with Gasteiger partial charge in [-0.15, -0.1) is 0 Å². The van der Waals surface area contributed by atoms with E-state index in [0.717, 1.165) is 5.69 Å². The Balaban J connectivity index is 2.58. The van der Waals surface area contributed by atoms with Gasteiger partial charge in [0.2, 0.25) is 0 Å². The highest BCUT2D eigenvalue weighted by molar-refractivity contribution is 5.63. The minimum atomic E-state index is 1.09. The maximum atomic E-state index is 4.50. The first kappa shape index (κ1) is 9.00. The second-order valence-electron chi connectivity index (χ2n) is 3.55. The summed E-state index contributed by atoms with van der Waals surface area (Å²) in [5, 5.41) is 4.50. The van der Waals surface area contributed by atoms with E-state index in [1.165, 1.54) is 16.8 Å². The van der Waals surface area contributed by atoms with Crippen molar-refractivity contribution in [3.8, 4) is 11.3 Å². The van der Waals surface area contributed by atoms with Crippen LogP contribution in [0.2, 0.25) is 0 Å². The summed E-state index contributed by atoms with van der Waals surface area (Å²) in [6, 6.07) is 10.3. The first-order chi connectivity index (χ1) is 6.70. The predicted octanol–water partition coefficient (Wildman–Crippen LogP) is 2.70. The number of nitrogens with zero attached hydrogens (tertiary/aromatic N) is 2. The highest BCUT2D eigenvalue weighted by Gasteiger charge is 2.09. The van der Waals surface area contributed by atoms with E-state index in [2.05, 4.69) is 31.1 Å². The molecule has 0 atom stereocenters. The Morgan fingerprint density at radius 3 is 2.21 bits per heavy atom. The van der Waals surface area contributed by atoms with Crippen molar-refractivity contribution in [1.82, 2.24) is 9.78 Å². The number of rotatable bonds is 1. The second-order valence-corrected chi connectivity index (χ2v) is 3.55. The van der Waals surface area contributed by atoms with Gasteiger partial charge in [-0.05, 0) is 19.4 Å². The number of aryl methyl sites for hydroxylation is 1.